The Morgan fingerprint density at radius 3 is 1.92 bits per heavy atom. The fraction of sp³-hybridized carbons (Fsp3) is 0. The van der Waals surface area contributed by atoms with E-state index >= 15 is 0 Å². The molecule has 0 spiro atoms. The van der Waals surface area contributed by atoms with Crippen LogP contribution in [0.5, 0.6) is 0 Å². The van der Waals surface area contributed by atoms with E-state index in [0.717, 1.165) is 11.1 Å². The van der Waals surface area contributed by atoms with Crippen LogP contribution in [0.3, 0.4) is 0 Å². The molecule has 1 aromatic heterocycles. The number of aromatic nitrogens is 2. The molecule has 4 heteroatoms. The van der Waals surface area contributed by atoms with E-state index in [2.05, 4.69) is 0 Å². The molecule has 0 saturated carbocycles. The molecule has 0 aliphatic rings. The van der Waals surface area contributed by atoms with Crippen LogP contribution < -0.4 is 4.43 Å². The van der Waals surface area contributed by atoms with Crippen LogP contribution in [0.2, 0.25) is 0 Å². The summed E-state index contributed by atoms with van der Waals surface area (Å²) in [6.45, 7) is 0. The maximum absolute atomic E-state index is 12.1. The van der Waals surface area contributed by atoms with Crippen LogP contribution in [0, 0.1) is 10.1 Å². The molecular formula is C20H16N2O2. The topological polar surface area (TPSA) is 51.0 Å². The molecule has 118 valence electrons. The van der Waals surface area contributed by atoms with Gasteiger partial charge in [0.2, 0.25) is 0 Å². The molecule has 3 aromatic rings. The maximum Gasteiger partial charge on any atom is 0.278 e. The van der Waals surface area contributed by atoms with Crippen LogP contribution in [0.15, 0.2) is 73.1 Å². The molecule has 0 atom stereocenters. The van der Waals surface area contributed by atoms with Crippen molar-refractivity contribution in [3.8, 4) is 0 Å². The minimum atomic E-state index is 0.283. The first-order valence-corrected chi connectivity index (χ1v) is 7.55. The number of hydrogen-bond donors (Lipinski definition) is 0. The van der Waals surface area contributed by atoms with Crippen molar-refractivity contribution in [2.75, 3.05) is 0 Å². The summed E-state index contributed by atoms with van der Waals surface area (Å²) in [5.74, 6) is 0. The Kier molecular flexibility index (Phi) is 4.68. The number of benzene rings is 2. The average Bonchev–Trinajstić information content (AvgIpc) is 2.62. The Balaban J connectivity index is 1.85. The molecule has 0 N–H and O–H groups in total. The van der Waals surface area contributed by atoms with Gasteiger partial charge in [-0.2, -0.15) is 0 Å². The summed E-state index contributed by atoms with van der Waals surface area (Å²) in [7, 11) is 0. The SMILES string of the molecule is O=[n+]1cc(/C=C\c2ccccc2)n([O-])cc1/C=C\c1ccccc1. The van der Waals surface area contributed by atoms with E-state index in [9.17, 15) is 10.1 Å². The number of hydrogen-bond acceptors (Lipinski definition) is 2. The normalized spacial score (nSPS) is 11.3. The van der Waals surface area contributed by atoms with Crippen LogP contribution in [-0.2, 0) is 0 Å². The van der Waals surface area contributed by atoms with Crippen molar-refractivity contribution >= 4 is 24.3 Å². The summed E-state index contributed by atoms with van der Waals surface area (Å²) in [5, 5.41) is 12.1. The molecule has 0 saturated heterocycles. The van der Waals surface area contributed by atoms with Gasteiger partial charge in [-0.25, -0.2) is 0 Å². The van der Waals surface area contributed by atoms with Crippen LogP contribution in [0.1, 0.15) is 22.5 Å². The van der Waals surface area contributed by atoms with E-state index < -0.39 is 0 Å². The lowest BCUT2D eigenvalue weighted by Gasteiger charge is -2.11. The Morgan fingerprint density at radius 1 is 0.792 bits per heavy atom. The second-order valence-electron chi connectivity index (χ2n) is 5.25. The third-order valence-corrected chi connectivity index (χ3v) is 3.50. The lowest BCUT2D eigenvalue weighted by Crippen LogP contribution is -2.21. The second-order valence-corrected chi connectivity index (χ2v) is 5.25. The predicted octanol–water partition coefficient (Wildman–Crippen LogP) is 4.09. The van der Waals surface area contributed by atoms with E-state index in [1.807, 2.05) is 60.7 Å². The van der Waals surface area contributed by atoms with Crippen molar-refractivity contribution in [1.29, 1.82) is 0 Å². The zero-order chi connectivity index (χ0) is 16.8. The molecule has 0 fully saturated rings. The largest absolute Gasteiger partial charge is 0.805 e. The molecule has 0 bridgehead atoms. The zero-order valence-corrected chi connectivity index (χ0v) is 12.9. The van der Waals surface area contributed by atoms with Gasteiger partial charge in [-0.15, -0.1) is 0 Å². The first-order chi connectivity index (χ1) is 11.7. The monoisotopic (exact) mass is 316 g/mol. The van der Waals surface area contributed by atoms with E-state index in [-0.39, 0.29) is 11.4 Å². The van der Waals surface area contributed by atoms with Gasteiger partial charge in [-0.1, -0.05) is 66.7 Å². The summed E-state index contributed by atoms with van der Waals surface area (Å²) in [4.78, 5) is 12.1. The smallest absolute Gasteiger partial charge is 0.278 e. The molecule has 0 aliphatic carbocycles. The minimum Gasteiger partial charge on any atom is -0.805 e. The molecule has 4 nitrogen and oxygen atoms in total. The molecule has 3 rings (SSSR count). The molecular weight excluding hydrogens is 300 g/mol. The van der Waals surface area contributed by atoms with E-state index in [0.29, 0.717) is 9.16 Å². The average molecular weight is 316 g/mol. The van der Waals surface area contributed by atoms with Crippen molar-refractivity contribution in [3.05, 3.63) is 106 Å². The van der Waals surface area contributed by atoms with Gasteiger partial charge in [0.25, 0.3) is 11.9 Å². The van der Waals surface area contributed by atoms with Crippen molar-refractivity contribution in [2.45, 2.75) is 0 Å². The molecule has 0 unspecified atom stereocenters. The van der Waals surface area contributed by atoms with Gasteiger partial charge in [0.05, 0.1) is 10.6 Å². The van der Waals surface area contributed by atoms with Gasteiger partial charge in [0.1, 0.15) is 5.69 Å². The molecule has 0 radical (unpaired) electrons. The van der Waals surface area contributed by atoms with Crippen LogP contribution in [0.25, 0.3) is 24.3 Å². The van der Waals surface area contributed by atoms with Gasteiger partial charge in [0, 0.05) is 11.0 Å². The highest BCUT2D eigenvalue weighted by Crippen LogP contribution is 2.09. The van der Waals surface area contributed by atoms with E-state index in [4.69, 9.17) is 0 Å². The van der Waals surface area contributed by atoms with Crippen LogP contribution >= 0.6 is 0 Å². The Labute approximate surface area is 139 Å². The first kappa shape index (κ1) is 15.5. The summed E-state index contributed by atoms with van der Waals surface area (Å²) in [5.41, 5.74) is 2.49. The zero-order valence-electron chi connectivity index (χ0n) is 12.9. The van der Waals surface area contributed by atoms with E-state index in [1.54, 1.807) is 24.3 Å². The van der Waals surface area contributed by atoms with Crippen LogP contribution in [0.4, 0.5) is 0 Å². The van der Waals surface area contributed by atoms with Gasteiger partial charge < -0.3 is 9.94 Å². The lowest BCUT2D eigenvalue weighted by atomic mass is 10.2. The molecule has 24 heavy (non-hydrogen) atoms. The van der Waals surface area contributed by atoms with Crippen LogP contribution in [-0.4, -0.2) is 4.73 Å². The summed E-state index contributed by atoms with van der Waals surface area (Å²) in [6, 6.07) is 19.2. The summed E-state index contributed by atoms with van der Waals surface area (Å²) in [6.07, 6.45) is 9.39. The lowest BCUT2D eigenvalue weighted by molar-refractivity contribution is -0.498. The van der Waals surface area contributed by atoms with Crippen molar-refractivity contribution < 1.29 is 4.43 Å². The summed E-state index contributed by atoms with van der Waals surface area (Å²) >= 11 is 0. The van der Waals surface area contributed by atoms with Crippen molar-refractivity contribution in [3.63, 3.8) is 0 Å². The Morgan fingerprint density at radius 2 is 1.33 bits per heavy atom. The third kappa shape index (κ3) is 3.87. The van der Waals surface area contributed by atoms with Gasteiger partial charge in [0.15, 0.2) is 0 Å². The van der Waals surface area contributed by atoms with Crippen molar-refractivity contribution in [1.82, 2.24) is 4.73 Å². The van der Waals surface area contributed by atoms with Gasteiger partial charge in [-0.3, -0.25) is 0 Å². The highest BCUT2D eigenvalue weighted by atomic mass is 16.5. The molecule has 2 aromatic carbocycles. The summed E-state index contributed by atoms with van der Waals surface area (Å²) < 4.78 is 1.39. The standard InChI is InChI=1S/C20H16N2O2/c23-21-16-20(14-12-18-9-5-2-6-10-18)22(24)15-19(21)13-11-17-7-3-1-4-8-17/h1-16H/b13-11-,14-12-. The highest BCUT2D eigenvalue weighted by Gasteiger charge is 2.06. The number of rotatable bonds is 4. The quantitative estimate of drug-likeness (QED) is 0.681. The minimum absolute atomic E-state index is 0.283. The Bertz CT molecular complexity index is 927. The van der Waals surface area contributed by atoms with Gasteiger partial charge >= 0.3 is 0 Å². The number of nitrogens with zero attached hydrogens (tertiary/aromatic N) is 2. The van der Waals surface area contributed by atoms with Crippen molar-refractivity contribution in [2.24, 2.45) is 0 Å². The maximum atomic E-state index is 12.1. The van der Waals surface area contributed by atoms with Gasteiger partial charge in [-0.05, 0) is 23.3 Å². The highest BCUT2D eigenvalue weighted by molar-refractivity contribution is 5.69. The van der Waals surface area contributed by atoms with E-state index in [1.165, 1.54) is 12.4 Å². The molecule has 1 heterocycles. The predicted molar refractivity (Wildman–Crippen MR) is 97.3 cm³/mol. The third-order valence-electron chi connectivity index (χ3n) is 3.50. The fourth-order valence-electron chi connectivity index (χ4n) is 2.23. The molecule has 0 aliphatic heterocycles. The second kappa shape index (κ2) is 7.24. The fourth-order valence-corrected chi connectivity index (χ4v) is 2.23. The first-order valence-electron chi connectivity index (χ1n) is 7.55. The molecule has 0 amide bonds. The Hall–Kier alpha value is -3.40.